The van der Waals surface area contributed by atoms with Gasteiger partial charge in [0.15, 0.2) is 5.54 Å². The fourth-order valence-corrected chi connectivity index (χ4v) is 1.82. The Morgan fingerprint density at radius 1 is 1.33 bits per heavy atom. The number of aliphatic carboxylic acids is 1. The van der Waals surface area contributed by atoms with E-state index in [0.29, 0.717) is 6.42 Å². The summed E-state index contributed by atoms with van der Waals surface area (Å²) in [6.07, 6.45) is 2.28. The van der Waals surface area contributed by atoms with Gasteiger partial charge in [-0.3, -0.25) is 4.79 Å². The van der Waals surface area contributed by atoms with Crippen LogP contribution in [0.2, 0.25) is 0 Å². The van der Waals surface area contributed by atoms with E-state index in [9.17, 15) is 4.79 Å². The molecule has 0 amide bonds. The Bertz CT molecular complexity index is 518. The van der Waals surface area contributed by atoms with Crippen molar-refractivity contribution in [3.63, 3.8) is 0 Å². The quantitative estimate of drug-likeness (QED) is 0.576. The second-order valence-electron chi connectivity index (χ2n) is 5.45. The molecule has 0 fully saturated rings. The molecule has 1 N–H and O–H groups in total. The van der Waals surface area contributed by atoms with Crippen molar-refractivity contribution in [3.05, 3.63) is 35.9 Å². The summed E-state index contributed by atoms with van der Waals surface area (Å²) in [4.78, 5) is 10.5. The van der Waals surface area contributed by atoms with Crippen LogP contribution in [0.4, 0.5) is 0 Å². The highest BCUT2D eigenvalue weighted by Gasteiger charge is 2.17. The molecule has 112 valence electrons. The Balaban J connectivity index is 2.72. The van der Waals surface area contributed by atoms with Gasteiger partial charge in [-0.15, -0.1) is 0 Å². The third-order valence-corrected chi connectivity index (χ3v) is 3.02. The van der Waals surface area contributed by atoms with E-state index in [1.165, 1.54) is 0 Å². The molecule has 5 nitrogen and oxygen atoms in total. The number of carbonyl (C=O) groups is 1. The molecule has 0 heterocycles. The molecule has 1 aromatic rings. The van der Waals surface area contributed by atoms with E-state index < -0.39 is 11.5 Å². The number of hydrogen-bond acceptors (Lipinski definition) is 4. The largest absolute Gasteiger partial charge is 0.481 e. The molecule has 1 atom stereocenters. The fraction of sp³-hybridized carbons (Fsp3) is 0.500. The van der Waals surface area contributed by atoms with Crippen molar-refractivity contribution < 1.29 is 9.90 Å². The zero-order valence-electron chi connectivity index (χ0n) is 12.5. The van der Waals surface area contributed by atoms with Gasteiger partial charge in [0.25, 0.3) is 0 Å². The molecule has 0 aliphatic carbocycles. The molecule has 0 spiro atoms. The molecule has 1 aromatic carbocycles. The summed E-state index contributed by atoms with van der Waals surface area (Å²) in [6.45, 7) is 3.42. The second kappa shape index (κ2) is 8.15. The first-order valence-corrected chi connectivity index (χ1v) is 7.04. The summed E-state index contributed by atoms with van der Waals surface area (Å²) in [5, 5.41) is 26.1. The summed E-state index contributed by atoms with van der Waals surface area (Å²) in [7, 11) is 0. The van der Waals surface area contributed by atoms with Gasteiger partial charge in [-0.1, -0.05) is 36.8 Å². The number of rotatable bonds is 8. The third-order valence-electron chi connectivity index (χ3n) is 3.02. The summed E-state index contributed by atoms with van der Waals surface area (Å²) in [5.41, 5.74) is 0.194. The van der Waals surface area contributed by atoms with Gasteiger partial charge in [0.1, 0.15) is 0 Å². The Morgan fingerprint density at radius 3 is 2.57 bits per heavy atom. The topological polar surface area (TPSA) is 85.8 Å². The van der Waals surface area contributed by atoms with Gasteiger partial charge in [0.2, 0.25) is 0 Å². The molecule has 0 aliphatic rings. The molecule has 0 saturated heterocycles. The van der Waals surface area contributed by atoms with Crippen molar-refractivity contribution in [2.75, 3.05) is 0 Å². The van der Waals surface area contributed by atoms with Crippen molar-refractivity contribution in [3.8, 4) is 6.07 Å². The smallest absolute Gasteiger partial charge is 0.303 e. The highest BCUT2D eigenvalue weighted by Crippen LogP contribution is 2.25. The van der Waals surface area contributed by atoms with E-state index in [1.54, 1.807) is 13.8 Å². The van der Waals surface area contributed by atoms with E-state index in [2.05, 4.69) is 16.3 Å². The lowest BCUT2D eigenvalue weighted by Crippen LogP contribution is -2.12. The van der Waals surface area contributed by atoms with E-state index in [0.717, 1.165) is 18.4 Å². The molecule has 5 heteroatoms. The molecule has 0 saturated carbocycles. The fourth-order valence-electron chi connectivity index (χ4n) is 1.82. The van der Waals surface area contributed by atoms with Crippen LogP contribution in [0.1, 0.15) is 51.1 Å². The molecule has 0 aliphatic heterocycles. The second-order valence-corrected chi connectivity index (χ2v) is 5.45. The van der Waals surface area contributed by atoms with Crippen molar-refractivity contribution in [1.29, 1.82) is 5.26 Å². The Morgan fingerprint density at radius 2 is 2.00 bits per heavy atom. The van der Waals surface area contributed by atoms with Crippen molar-refractivity contribution >= 4 is 5.97 Å². The van der Waals surface area contributed by atoms with Gasteiger partial charge in [0.05, 0.1) is 12.1 Å². The van der Waals surface area contributed by atoms with E-state index in [-0.39, 0.29) is 12.5 Å². The first-order chi connectivity index (χ1) is 9.94. The van der Waals surface area contributed by atoms with Crippen LogP contribution < -0.4 is 0 Å². The van der Waals surface area contributed by atoms with Crippen LogP contribution in [-0.4, -0.2) is 16.6 Å². The molecule has 0 bridgehead atoms. The summed E-state index contributed by atoms with van der Waals surface area (Å²) < 4.78 is 0. The normalized spacial score (nSPS) is 13.0. The minimum Gasteiger partial charge on any atom is -0.481 e. The van der Waals surface area contributed by atoms with Gasteiger partial charge < -0.3 is 5.11 Å². The summed E-state index contributed by atoms with van der Waals surface area (Å²) in [5.74, 6) is -0.779. The van der Waals surface area contributed by atoms with Crippen LogP contribution in [0, 0.1) is 11.3 Å². The number of hydrogen-bond donors (Lipinski definition) is 1. The Hall–Kier alpha value is -2.22. The molecule has 0 aromatic heterocycles. The maximum absolute atomic E-state index is 10.5. The number of benzene rings is 1. The Labute approximate surface area is 125 Å². The average Bonchev–Trinajstić information content (AvgIpc) is 2.47. The maximum Gasteiger partial charge on any atom is 0.303 e. The van der Waals surface area contributed by atoms with Crippen LogP contribution in [-0.2, 0) is 4.79 Å². The molecular formula is C16H21N3O2. The summed E-state index contributed by atoms with van der Waals surface area (Å²) in [6, 6.07) is 11.7. The van der Waals surface area contributed by atoms with Crippen LogP contribution >= 0.6 is 0 Å². The zero-order valence-corrected chi connectivity index (χ0v) is 12.5. The van der Waals surface area contributed by atoms with E-state index in [4.69, 9.17) is 10.4 Å². The van der Waals surface area contributed by atoms with Crippen LogP contribution in [0.3, 0.4) is 0 Å². The predicted octanol–water partition coefficient (Wildman–Crippen LogP) is 4.13. The Kier molecular flexibility index (Phi) is 6.54. The molecule has 0 radical (unpaired) electrons. The first kappa shape index (κ1) is 16.8. The number of nitrogens with zero attached hydrogens (tertiary/aromatic N) is 3. The predicted molar refractivity (Wildman–Crippen MR) is 79.8 cm³/mol. The van der Waals surface area contributed by atoms with Gasteiger partial charge in [-0.2, -0.15) is 15.5 Å². The van der Waals surface area contributed by atoms with Gasteiger partial charge >= 0.3 is 5.97 Å². The first-order valence-electron chi connectivity index (χ1n) is 7.04. The number of carboxylic acid groups (broad SMARTS) is 1. The van der Waals surface area contributed by atoms with Crippen LogP contribution in [0.15, 0.2) is 40.6 Å². The lowest BCUT2D eigenvalue weighted by molar-refractivity contribution is -0.137. The van der Waals surface area contributed by atoms with Gasteiger partial charge in [-0.05, 0) is 32.3 Å². The number of carboxylic acids is 1. The van der Waals surface area contributed by atoms with Crippen LogP contribution in [0.25, 0.3) is 0 Å². The zero-order chi connectivity index (χ0) is 15.7. The minimum atomic E-state index is -0.839. The lowest BCUT2D eigenvalue weighted by Gasteiger charge is -2.14. The van der Waals surface area contributed by atoms with Crippen molar-refractivity contribution in [2.24, 2.45) is 10.2 Å². The van der Waals surface area contributed by atoms with Crippen LogP contribution in [0.5, 0.6) is 0 Å². The van der Waals surface area contributed by atoms with E-state index in [1.807, 2.05) is 30.3 Å². The third kappa shape index (κ3) is 6.66. The maximum atomic E-state index is 10.5. The standard InChI is InChI=1S/C16H21N3O2/c1-16(2,12-17)19-18-14(10-6-7-11-15(20)21)13-8-4-3-5-9-13/h3-5,8-9,14H,6-7,10-11H2,1-2H3,(H,20,21)/b19-18+. The highest BCUT2D eigenvalue weighted by atomic mass is 16.4. The summed E-state index contributed by atoms with van der Waals surface area (Å²) >= 11 is 0. The number of azo groups is 1. The minimum absolute atomic E-state index is 0.132. The molecule has 1 unspecified atom stereocenters. The monoisotopic (exact) mass is 287 g/mol. The van der Waals surface area contributed by atoms with Gasteiger partial charge in [-0.25, -0.2) is 0 Å². The number of nitriles is 1. The number of unbranched alkanes of at least 4 members (excludes halogenated alkanes) is 1. The van der Waals surface area contributed by atoms with E-state index >= 15 is 0 Å². The lowest BCUT2D eigenvalue weighted by atomic mass is 10.0. The van der Waals surface area contributed by atoms with Gasteiger partial charge in [0, 0.05) is 6.42 Å². The molecule has 21 heavy (non-hydrogen) atoms. The SMILES string of the molecule is CC(C)(C#N)/N=N/C(CCCCC(=O)O)c1ccccc1. The highest BCUT2D eigenvalue weighted by molar-refractivity contribution is 5.66. The van der Waals surface area contributed by atoms with Crippen molar-refractivity contribution in [1.82, 2.24) is 0 Å². The molecular weight excluding hydrogens is 266 g/mol. The van der Waals surface area contributed by atoms with Crippen molar-refractivity contribution in [2.45, 2.75) is 51.1 Å². The average molecular weight is 287 g/mol. The molecule has 1 rings (SSSR count).